The number of carbonyl (C=O) groups is 2. The lowest BCUT2D eigenvalue weighted by Gasteiger charge is -2.07. The van der Waals surface area contributed by atoms with Gasteiger partial charge in [-0.2, -0.15) is 0 Å². The Morgan fingerprint density at radius 3 is 2.38 bits per heavy atom. The summed E-state index contributed by atoms with van der Waals surface area (Å²) in [6.45, 7) is 0.142. The van der Waals surface area contributed by atoms with E-state index in [9.17, 15) is 9.59 Å². The van der Waals surface area contributed by atoms with Gasteiger partial charge in [0.05, 0.1) is 12.0 Å². The van der Waals surface area contributed by atoms with Gasteiger partial charge in [-0.1, -0.05) is 24.3 Å². The highest BCUT2D eigenvalue weighted by Crippen LogP contribution is 2.22. The average molecular weight is 285 g/mol. The van der Waals surface area contributed by atoms with Crippen LogP contribution in [0.25, 0.3) is 0 Å². The molecule has 0 atom stereocenters. The van der Waals surface area contributed by atoms with Crippen molar-refractivity contribution in [3.8, 4) is 11.5 Å². The zero-order valence-electron chi connectivity index (χ0n) is 11.3. The molecule has 0 aliphatic heterocycles. The number of ether oxygens (including phenoxy) is 2. The Kier molecular flexibility index (Phi) is 5.06. The second kappa shape index (κ2) is 7.21. The largest absolute Gasteiger partial charge is 0.457 e. The number of carbonyl (C=O) groups excluding carboxylic acids is 2. The second-order valence-electron chi connectivity index (χ2n) is 4.24. The lowest BCUT2D eigenvalue weighted by Crippen LogP contribution is -2.16. The predicted molar refractivity (Wildman–Crippen MR) is 77.1 cm³/mol. The predicted octanol–water partition coefficient (Wildman–Crippen LogP) is 2.51. The highest BCUT2D eigenvalue weighted by molar-refractivity contribution is 5.97. The van der Waals surface area contributed by atoms with Crippen LogP contribution in [0.3, 0.4) is 0 Å². The third kappa shape index (κ3) is 4.43. The molecule has 0 heterocycles. The van der Waals surface area contributed by atoms with Gasteiger partial charge >= 0.3 is 11.9 Å². The van der Waals surface area contributed by atoms with Crippen molar-refractivity contribution in [1.82, 2.24) is 0 Å². The van der Waals surface area contributed by atoms with Gasteiger partial charge in [-0.3, -0.25) is 4.79 Å². The van der Waals surface area contributed by atoms with E-state index in [4.69, 9.17) is 10.5 Å². The highest BCUT2D eigenvalue weighted by atomic mass is 16.6. The molecule has 0 bridgehead atoms. The normalized spacial score (nSPS) is 9.95. The highest BCUT2D eigenvalue weighted by Gasteiger charge is 2.13. The van der Waals surface area contributed by atoms with Gasteiger partial charge in [-0.25, -0.2) is 4.79 Å². The maximum Gasteiger partial charge on any atom is 0.345 e. The number of benzene rings is 2. The third-order valence-electron chi connectivity index (χ3n) is 2.60. The first-order valence-corrected chi connectivity index (χ1v) is 6.47. The van der Waals surface area contributed by atoms with E-state index < -0.39 is 11.9 Å². The maximum absolute atomic E-state index is 11.8. The molecule has 2 N–H and O–H groups in total. The molecule has 0 saturated heterocycles. The van der Waals surface area contributed by atoms with Crippen LogP contribution in [0, 0.1) is 0 Å². The van der Waals surface area contributed by atoms with E-state index in [2.05, 4.69) is 4.74 Å². The summed E-state index contributed by atoms with van der Waals surface area (Å²) in [6, 6.07) is 15.6. The summed E-state index contributed by atoms with van der Waals surface area (Å²) in [5.74, 6) is -0.215. The Hall–Kier alpha value is -2.66. The number of nitrogens with two attached hydrogens (primary N) is 1. The van der Waals surface area contributed by atoms with Crippen LogP contribution in [0.15, 0.2) is 54.6 Å². The fourth-order valence-electron chi connectivity index (χ4n) is 1.64. The SMILES string of the molecule is NCCC(=O)OC(=O)c1cccc(Oc2ccccc2)c1. The van der Waals surface area contributed by atoms with Gasteiger partial charge in [-0.05, 0) is 30.3 Å². The quantitative estimate of drug-likeness (QED) is 0.674. The van der Waals surface area contributed by atoms with Crippen molar-refractivity contribution < 1.29 is 19.1 Å². The Labute approximate surface area is 122 Å². The Bertz CT molecular complexity index is 625. The van der Waals surface area contributed by atoms with Gasteiger partial charge in [0.1, 0.15) is 11.5 Å². The molecule has 0 aliphatic carbocycles. The van der Waals surface area contributed by atoms with Gasteiger partial charge in [0, 0.05) is 6.54 Å². The summed E-state index contributed by atoms with van der Waals surface area (Å²) in [7, 11) is 0. The third-order valence-corrected chi connectivity index (χ3v) is 2.60. The van der Waals surface area contributed by atoms with Gasteiger partial charge in [0.15, 0.2) is 0 Å². The topological polar surface area (TPSA) is 78.6 Å². The van der Waals surface area contributed by atoms with E-state index in [1.807, 2.05) is 18.2 Å². The summed E-state index contributed by atoms with van der Waals surface area (Å²) in [5.41, 5.74) is 5.47. The molecule has 0 saturated carbocycles. The minimum Gasteiger partial charge on any atom is -0.457 e. The van der Waals surface area contributed by atoms with Crippen molar-refractivity contribution in [2.45, 2.75) is 6.42 Å². The number of rotatable bonds is 5. The van der Waals surface area contributed by atoms with Crippen molar-refractivity contribution in [2.24, 2.45) is 5.73 Å². The molecule has 5 nitrogen and oxygen atoms in total. The smallest absolute Gasteiger partial charge is 0.345 e. The molecule has 2 rings (SSSR count). The molecule has 0 aliphatic rings. The van der Waals surface area contributed by atoms with Gasteiger partial charge in [0.2, 0.25) is 0 Å². The Morgan fingerprint density at radius 1 is 0.952 bits per heavy atom. The van der Waals surface area contributed by atoms with Crippen LogP contribution in [0.1, 0.15) is 16.8 Å². The van der Waals surface area contributed by atoms with Gasteiger partial charge < -0.3 is 15.2 Å². The van der Waals surface area contributed by atoms with Crippen LogP contribution in [-0.2, 0) is 9.53 Å². The van der Waals surface area contributed by atoms with Gasteiger partial charge in [0.25, 0.3) is 0 Å². The first-order chi connectivity index (χ1) is 10.2. The first-order valence-electron chi connectivity index (χ1n) is 6.47. The molecule has 108 valence electrons. The van der Waals surface area contributed by atoms with E-state index in [0.717, 1.165) is 0 Å². The molecule has 21 heavy (non-hydrogen) atoms. The Morgan fingerprint density at radius 2 is 1.67 bits per heavy atom. The van der Waals surface area contributed by atoms with Crippen molar-refractivity contribution in [3.63, 3.8) is 0 Å². The van der Waals surface area contributed by atoms with E-state index >= 15 is 0 Å². The zero-order valence-corrected chi connectivity index (χ0v) is 11.3. The number of hydrogen-bond donors (Lipinski definition) is 1. The van der Waals surface area contributed by atoms with Crippen molar-refractivity contribution in [2.75, 3.05) is 6.54 Å². The summed E-state index contributed by atoms with van der Waals surface area (Å²) in [4.78, 5) is 23.0. The van der Waals surface area contributed by atoms with E-state index in [1.54, 1.807) is 30.3 Å². The summed E-state index contributed by atoms with van der Waals surface area (Å²) in [6.07, 6.45) is 0.00590. The standard InChI is InChI=1S/C16H15NO4/c17-10-9-15(18)21-16(19)12-5-4-8-14(11-12)20-13-6-2-1-3-7-13/h1-8,11H,9-10,17H2. The molecule has 0 spiro atoms. The monoisotopic (exact) mass is 285 g/mol. The maximum atomic E-state index is 11.8. The minimum atomic E-state index is -0.716. The van der Waals surface area contributed by atoms with E-state index in [1.165, 1.54) is 6.07 Å². The van der Waals surface area contributed by atoms with E-state index in [-0.39, 0.29) is 18.5 Å². The first kappa shape index (κ1) is 14.7. The van der Waals surface area contributed by atoms with Crippen LogP contribution in [0.2, 0.25) is 0 Å². The fraction of sp³-hybridized carbons (Fsp3) is 0.125. The van der Waals surface area contributed by atoms with Crippen LogP contribution in [0.5, 0.6) is 11.5 Å². The lowest BCUT2D eigenvalue weighted by atomic mass is 10.2. The molecular formula is C16H15NO4. The fourth-order valence-corrected chi connectivity index (χ4v) is 1.64. The van der Waals surface area contributed by atoms with E-state index in [0.29, 0.717) is 11.5 Å². The van der Waals surface area contributed by atoms with Crippen LogP contribution in [-0.4, -0.2) is 18.5 Å². The molecule has 0 radical (unpaired) electrons. The molecule has 0 fully saturated rings. The summed E-state index contributed by atoms with van der Waals surface area (Å²) in [5, 5.41) is 0. The number of esters is 2. The molecule has 5 heteroatoms. The molecular weight excluding hydrogens is 270 g/mol. The molecule has 0 aromatic heterocycles. The average Bonchev–Trinajstić information content (AvgIpc) is 2.49. The molecule has 0 amide bonds. The molecule has 2 aromatic rings. The minimum absolute atomic E-state index is 0.00590. The van der Waals surface area contributed by atoms with Crippen molar-refractivity contribution in [1.29, 1.82) is 0 Å². The summed E-state index contributed by atoms with van der Waals surface area (Å²) < 4.78 is 10.3. The molecule has 2 aromatic carbocycles. The lowest BCUT2D eigenvalue weighted by molar-refractivity contribution is -0.137. The summed E-state index contributed by atoms with van der Waals surface area (Å²) >= 11 is 0. The second-order valence-corrected chi connectivity index (χ2v) is 4.24. The Balaban J connectivity index is 2.07. The van der Waals surface area contributed by atoms with Crippen molar-refractivity contribution in [3.05, 3.63) is 60.2 Å². The van der Waals surface area contributed by atoms with Crippen LogP contribution < -0.4 is 10.5 Å². The number of hydrogen-bond acceptors (Lipinski definition) is 5. The zero-order chi connectivity index (χ0) is 15.1. The molecule has 0 unspecified atom stereocenters. The van der Waals surface area contributed by atoms with Gasteiger partial charge in [-0.15, -0.1) is 0 Å². The number of para-hydroxylation sites is 1. The van der Waals surface area contributed by atoms with Crippen molar-refractivity contribution >= 4 is 11.9 Å². The van der Waals surface area contributed by atoms with Crippen LogP contribution in [0.4, 0.5) is 0 Å². The van der Waals surface area contributed by atoms with Crippen LogP contribution >= 0.6 is 0 Å².